The maximum absolute atomic E-state index is 15.7. The van der Waals surface area contributed by atoms with E-state index in [0.717, 1.165) is 19.3 Å². The van der Waals surface area contributed by atoms with Gasteiger partial charge in [-0.25, -0.2) is 13.8 Å². The highest BCUT2D eigenvalue weighted by molar-refractivity contribution is 6.39. The molecule has 0 saturated carbocycles. The maximum atomic E-state index is 15.7. The number of rotatable bonds is 12. The van der Waals surface area contributed by atoms with Crippen LogP contribution in [0.25, 0.3) is 22.4 Å². The van der Waals surface area contributed by atoms with E-state index in [1.54, 1.807) is 49.5 Å². The molecule has 2 aromatic heterocycles. The molecule has 0 unspecified atom stereocenters. The van der Waals surface area contributed by atoms with Crippen LogP contribution in [0.1, 0.15) is 43.7 Å². The van der Waals surface area contributed by atoms with Crippen LogP contribution >= 0.6 is 23.2 Å². The summed E-state index contributed by atoms with van der Waals surface area (Å²) in [6.07, 6.45) is 5.92. The highest BCUT2D eigenvalue weighted by atomic mass is 35.5. The Morgan fingerprint density at radius 3 is 2.51 bits per heavy atom. The van der Waals surface area contributed by atoms with Crippen molar-refractivity contribution < 1.29 is 23.1 Å². The number of ether oxygens (including phenoxy) is 1. The second-order valence-electron chi connectivity index (χ2n) is 12.7. The lowest BCUT2D eigenvalue weighted by Crippen LogP contribution is -2.44. The lowest BCUT2D eigenvalue weighted by atomic mass is 10.0. The average Bonchev–Trinajstić information content (AvgIpc) is 3.54. The molecule has 2 fully saturated rings. The highest BCUT2D eigenvalue weighted by Crippen LogP contribution is 2.42. The standard InChI is InChI=1S/C37H39Cl2F2N7O3/c1-21(49)48-14-10-24(11-15-48)45-18-22-8-12-44-37(35(22)41)47-30-5-3-4-26(33(30)38)27-9-13-43-36(34(27)39)23-16-29(40)28(31(17-23)51-2)20-42-19-25-6-7-32(50)46-25/h3-5,8-9,12-13,16-17,24-25,42,45H,6-7,10-11,14-15,18-20H2,1-2H3,(H,44,47)(H,46,50)/t25-/m0/s1. The molecule has 4 aromatic rings. The predicted octanol–water partition coefficient (Wildman–Crippen LogP) is 6.62. The summed E-state index contributed by atoms with van der Waals surface area (Å²) in [5.74, 6) is -0.566. The van der Waals surface area contributed by atoms with Gasteiger partial charge in [-0.1, -0.05) is 35.3 Å². The molecular weight excluding hydrogens is 699 g/mol. The van der Waals surface area contributed by atoms with Gasteiger partial charge in [0.25, 0.3) is 0 Å². The third-order valence-electron chi connectivity index (χ3n) is 9.35. The number of anilines is 2. The molecule has 10 nitrogen and oxygen atoms in total. The number of nitrogens with one attached hydrogen (secondary N) is 4. The molecule has 2 amide bonds. The minimum Gasteiger partial charge on any atom is -0.496 e. The fraction of sp³-hybridized carbons (Fsp3) is 0.351. The quantitative estimate of drug-likeness (QED) is 0.128. The number of hydrogen-bond acceptors (Lipinski definition) is 8. The fourth-order valence-corrected chi connectivity index (χ4v) is 7.08. The van der Waals surface area contributed by atoms with Crippen LogP contribution in [0, 0.1) is 11.6 Å². The van der Waals surface area contributed by atoms with E-state index >= 15 is 8.78 Å². The first-order chi connectivity index (χ1) is 24.6. The molecule has 0 radical (unpaired) electrons. The van der Waals surface area contributed by atoms with Gasteiger partial charge in [-0.2, -0.15) is 0 Å². The van der Waals surface area contributed by atoms with Gasteiger partial charge in [-0.05, 0) is 49.6 Å². The average molecular weight is 739 g/mol. The molecule has 2 saturated heterocycles. The minimum atomic E-state index is -0.503. The van der Waals surface area contributed by atoms with Gasteiger partial charge in [-0.3, -0.25) is 14.6 Å². The number of aromatic nitrogens is 2. The van der Waals surface area contributed by atoms with Gasteiger partial charge in [0.15, 0.2) is 11.6 Å². The summed E-state index contributed by atoms with van der Waals surface area (Å²) in [5.41, 5.74) is 3.04. The number of nitrogens with zero attached hydrogens (tertiary/aromatic N) is 3. The minimum absolute atomic E-state index is 0.00850. The molecule has 51 heavy (non-hydrogen) atoms. The summed E-state index contributed by atoms with van der Waals surface area (Å²) in [4.78, 5) is 33.6. The molecule has 268 valence electrons. The van der Waals surface area contributed by atoms with E-state index in [9.17, 15) is 9.59 Å². The zero-order chi connectivity index (χ0) is 36.1. The Morgan fingerprint density at radius 1 is 1.02 bits per heavy atom. The van der Waals surface area contributed by atoms with E-state index in [-0.39, 0.29) is 46.3 Å². The number of hydrogen-bond donors (Lipinski definition) is 4. The number of amides is 2. The smallest absolute Gasteiger partial charge is 0.220 e. The van der Waals surface area contributed by atoms with Crippen molar-refractivity contribution in [3.8, 4) is 28.1 Å². The largest absolute Gasteiger partial charge is 0.496 e. The second-order valence-corrected chi connectivity index (χ2v) is 13.4. The number of benzene rings is 2. The van der Waals surface area contributed by atoms with E-state index in [1.807, 2.05) is 4.90 Å². The van der Waals surface area contributed by atoms with Crippen LogP contribution in [0.3, 0.4) is 0 Å². The fourth-order valence-electron chi connectivity index (χ4n) is 6.48. The number of halogens is 4. The van der Waals surface area contributed by atoms with Gasteiger partial charge in [0.05, 0.1) is 28.5 Å². The summed E-state index contributed by atoms with van der Waals surface area (Å²) in [6, 6.07) is 11.8. The molecular formula is C37H39Cl2F2N7O3. The SMILES string of the molecule is COc1cc(-c2nccc(-c3cccc(Nc4nccc(CNC5CCN(C(C)=O)CC5)c4F)c3Cl)c2Cl)cc(F)c1CNC[C@@H]1CCC(=O)N1. The molecule has 6 rings (SSSR count). The van der Waals surface area contributed by atoms with Crippen LogP contribution in [-0.4, -0.2) is 65.5 Å². The van der Waals surface area contributed by atoms with Crippen LogP contribution in [0.5, 0.6) is 5.75 Å². The van der Waals surface area contributed by atoms with Crippen LogP contribution in [0.4, 0.5) is 20.3 Å². The van der Waals surface area contributed by atoms with Crippen molar-refractivity contribution in [1.29, 1.82) is 0 Å². The van der Waals surface area contributed by atoms with Gasteiger partial charge in [0.2, 0.25) is 11.8 Å². The summed E-state index contributed by atoms with van der Waals surface area (Å²) in [7, 11) is 1.47. The van der Waals surface area contributed by atoms with Crippen molar-refractivity contribution in [2.45, 2.75) is 57.8 Å². The molecule has 0 spiro atoms. The summed E-state index contributed by atoms with van der Waals surface area (Å²) >= 11 is 13.8. The van der Waals surface area contributed by atoms with E-state index in [4.69, 9.17) is 27.9 Å². The van der Waals surface area contributed by atoms with E-state index < -0.39 is 11.6 Å². The topological polar surface area (TPSA) is 121 Å². The Balaban J connectivity index is 1.18. The van der Waals surface area contributed by atoms with Crippen molar-refractivity contribution in [3.63, 3.8) is 0 Å². The third-order valence-corrected chi connectivity index (χ3v) is 10.1. The van der Waals surface area contributed by atoms with Gasteiger partial charge in [-0.15, -0.1) is 0 Å². The van der Waals surface area contributed by atoms with Crippen molar-refractivity contribution >= 4 is 46.5 Å². The predicted molar refractivity (Wildman–Crippen MR) is 194 cm³/mol. The number of methoxy groups -OCH3 is 1. The van der Waals surface area contributed by atoms with E-state index in [1.165, 1.54) is 19.4 Å². The van der Waals surface area contributed by atoms with Gasteiger partial charge in [0, 0.05) is 98.4 Å². The number of carbonyl (C=O) groups is 2. The molecule has 0 bridgehead atoms. The van der Waals surface area contributed by atoms with Gasteiger partial charge < -0.3 is 30.9 Å². The normalized spacial score (nSPS) is 16.3. The Kier molecular flexibility index (Phi) is 11.7. The Hall–Kier alpha value is -4.36. The molecule has 2 aromatic carbocycles. The van der Waals surface area contributed by atoms with E-state index in [2.05, 4.69) is 31.2 Å². The molecule has 14 heteroatoms. The van der Waals surface area contributed by atoms with Gasteiger partial charge >= 0.3 is 0 Å². The maximum Gasteiger partial charge on any atom is 0.220 e. The zero-order valence-corrected chi connectivity index (χ0v) is 29.8. The summed E-state index contributed by atoms with van der Waals surface area (Å²) in [5, 5.41) is 13.1. The van der Waals surface area contributed by atoms with Crippen LogP contribution < -0.4 is 26.0 Å². The lowest BCUT2D eigenvalue weighted by Gasteiger charge is -2.31. The molecule has 2 aliphatic heterocycles. The Morgan fingerprint density at radius 2 is 1.78 bits per heavy atom. The van der Waals surface area contributed by atoms with Crippen LogP contribution in [0.2, 0.25) is 10.0 Å². The van der Waals surface area contributed by atoms with Crippen LogP contribution in [-0.2, 0) is 22.7 Å². The molecule has 1 atom stereocenters. The molecule has 0 aliphatic carbocycles. The van der Waals surface area contributed by atoms with E-state index in [0.29, 0.717) is 77.5 Å². The second kappa shape index (κ2) is 16.3. The van der Waals surface area contributed by atoms with Gasteiger partial charge in [0.1, 0.15) is 11.6 Å². The Labute approximate surface area is 305 Å². The highest BCUT2D eigenvalue weighted by Gasteiger charge is 2.23. The first-order valence-electron chi connectivity index (χ1n) is 16.8. The van der Waals surface area contributed by atoms with Crippen molar-refractivity contribution in [3.05, 3.63) is 87.7 Å². The van der Waals surface area contributed by atoms with Crippen LogP contribution in [0.15, 0.2) is 54.9 Å². The summed E-state index contributed by atoms with van der Waals surface area (Å²) < 4.78 is 36.7. The lowest BCUT2D eigenvalue weighted by molar-refractivity contribution is -0.130. The number of carbonyl (C=O) groups excluding carboxylic acids is 2. The Bertz CT molecular complexity index is 1920. The van der Waals surface area contributed by atoms with Crippen molar-refractivity contribution in [1.82, 2.24) is 30.8 Å². The molecule has 2 aliphatic rings. The van der Waals surface area contributed by atoms with Crippen molar-refractivity contribution in [2.75, 3.05) is 32.1 Å². The zero-order valence-electron chi connectivity index (χ0n) is 28.3. The van der Waals surface area contributed by atoms with Crippen molar-refractivity contribution in [2.24, 2.45) is 0 Å². The number of pyridine rings is 2. The molecule has 4 heterocycles. The first-order valence-corrected chi connectivity index (χ1v) is 17.6. The number of likely N-dealkylation sites (tertiary alicyclic amines) is 1. The third kappa shape index (κ3) is 8.41. The monoisotopic (exact) mass is 737 g/mol. The molecule has 4 N–H and O–H groups in total. The first kappa shape index (κ1) is 36.4. The summed E-state index contributed by atoms with van der Waals surface area (Å²) in [6.45, 7) is 3.94. The number of piperidine rings is 1.